The van der Waals surface area contributed by atoms with Crippen LogP contribution in [-0.2, 0) is 19.1 Å². The van der Waals surface area contributed by atoms with E-state index in [0.717, 1.165) is 19.3 Å². The second-order valence-corrected chi connectivity index (χ2v) is 9.79. The molecule has 7 heteroatoms. The highest BCUT2D eigenvalue weighted by Crippen LogP contribution is 2.13. The van der Waals surface area contributed by atoms with Gasteiger partial charge in [0.05, 0.1) is 40.3 Å². The molecule has 0 heterocycles. The molecule has 0 fully saturated rings. The number of quaternary nitrogens is 1. The maximum atomic E-state index is 11.8. The zero-order chi connectivity index (χ0) is 24.2. The van der Waals surface area contributed by atoms with Crippen molar-refractivity contribution in [2.45, 2.75) is 109 Å². The van der Waals surface area contributed by atoms with Gasteiger partial charge in [0.15, 0.2) is 0 Å². The summed E-state index contributed by atoms with van der Waals surface area (Å²) in [6.07, 6.45) is 14.7. The number of unbranched alkanes of at least 4 members (excludes halogenated alkanes) is 11. The quantitative estimate of drug-likeness (QED) is 0.152. The molecule has 0 saturated carbocycles. The fraction of sp³-hybridized carbons (Fsp3) is 0.920. The maximum Gasteiger partial charge on any atom is 0.305 e. The maximum absolute atomic E-state index is 11.8. The van der Waals surface area contributed by atoms with Crippen molar-refractivity contribution in [1.29, 1.82) is 0 Å². The molecule has 190 valence electrons. The van der Waals surface area contributed by atoms with Gasteiger partial charge in [-0.25, -0.2) is 0 Å². The second kappa shape index (κ2) is 19.3. The molecule has 2 unspecified atom stereocenters. The smallest absolute Gasteiger partial charge is 0.305 e. The van der Waals surface area contributed by atoms with Crippen LogP contribution in [0.15, 0.2) is 0 Å². The minimum Gasteiger partial charge on any atom is -0.544 e. The van der Waals surface area contributed by atoms with E-state index in [1.54, 1.807) is 21.1 Å². The van der Waals surface area contributed by atoms with Crippen LogP contribution in [0.3, 0.4) is 0 Å². The first-order valence-corrected chi connectivity index (χ1v) is 12.6. The first-order valence-electron chi connectivity index (χ1n) is 12.6. The second-order valence-electron chi connectivity index (χ2n) is 9.79. The number of aliphatic hydroxyl groups is 1. The van der Waals surface area contributed by atoms with Gasteiger partial charge < -0.3 is 29.0 Å². The Morgan fingerprint density at radius 2 is 1.34 bits per heavy atom. The Balaban J connectivity index is 3.57. The number of carbonyl (C=O) groups excluding carboxylic acids is 2. The topological polar surface area (TPSA) is 95.9 Å². The number of aliphatic carboxylic acids is 1. The lowest BCUT2D eigenvalue weighted by molar-refractivity contribution is -0.889. The summed E-state index contributed by atoms with van der Waals surface area (Å²) in [6.45, 7) is 2.34. The van der Waals surface area contributed by atoms with E-state index in [0.29, 0.717) is 6.42 Å². The van der Waals surface area contributed by atoms with Crippen LogP contribution in [0.4, 0.5) is 0 Å². The summed E-state index contributed by atoms with van der Waals surface area (Å²) in [5.41, 5.74) is 0. The predicted molar refractivity (Wildman–Crippen MR) is 125 cm³/mol. The van der Waals surface area contributed by atoms with Crippen LogP contribution in [0.25, 0.3) is 0 Å². The van der Waals surface area contributed by atoms with Crippen LogP contribution in [0.5, 0.6) is 0 Å². The van der Waals surface area contributed by atoms with E-state index < -0.39 is 18.1 Å². The molecule has 0 rings (SSSR count). The fourth-order valence-electron chi connectivity index (χ4n) is 3.66. The number of ether oxygens (including phenoxy) is 2. The first-order chi connectivity index (χ1) is 15.2. The summed E-state index contributed by atoms with van der Waals surface area (Å²) < 4.78 is 10.7. The van der Waals surface area contributed by atoms with Crippen LogP contribution in [0, 0.1) is 0 Å². The molecule has 1 N–H and O–H groups in total. The lowest BCUT2D eigenvalue weighted by Gasteiger charge is -2.34. The molecule has 0 aromatic heterocycles. The zero-order valence-electron chi connectivity index (χ0n) is 21.1. The van der Waals surface area contributed by atoms with Crippen molar-refractivity contribution in [3.8, 4) is 0 Å². The summed E-state index contributed by atoms with van der Waals surface area (Å²) in [7, 11) is 5.35. The lowest BCUT2D eigenvalue weighted by Crippen LogP contribution is -2.55. The van der Waals surface area contributed by atoms with Gasteiger partial charge in [-0.15, -0.1) is 0 Å². The number of likely N-dealkylation sites (N-methyl/N-ethyl adjacent to an activating group) is 1. The molecule has 32 heavy (non-hydrogen) atoms. The fourth-order valence-corrected chi connectivity index (χ4v) is 3.66. The van der Waals surface area contributed by atoms with E-state index in [1.165, 1.54) is 57.8 Å². The molecular formula is C25H49NO6. The van der Waals surface area contributed by atoms with E-state index in [1.807, 2.05) is 0 Å². The van der Waals surface area contributed by atoms with Gasteiger partial charge in [0, 0.05) is 12.8 Å². The molecular weight excluding hydrogens is 410 g/mol. The van der Waals surface area contributed by atoms with E-state index >= 15 is 0 Å². The Kier molecular flexibility index (Phi) is 18.6. The Labute approximate surface area is 196 Å². The summed E-state index contributed by atoms with van der Waals surface area (Å²) in [6, 6.07) is -0.680. The zero-order valence-corrected chi connectivity index (χ0v) is 21.1. The van der Waals surface area contributed by atoms with Gasteiger partial charge >= 0.3 is 5.97 Å². The standard InChI is InChI=1S/C25H49NO6/c1-5-6-7-8-9-10-11-12-13-14-15-16-17-24(28)32-21-22(27)20-31-19-18-23(25(29)30)26(2,3)4/h22-23,27H,5-21H2,1-4H3. The molecule has 0 aromatic carbocycles. The number of nitrogens with zero attached hydrogens (tertiary/aromatic N) is 1. The monoisotopic (exact) mass is 459 g/mol. The van der Waals surface area contributed by atoms with Gasteiger partial charge in [0.25, 0.3) is 0 Å². The number of carboxylic acids is 1. The molecule has 0 radical (unpaired) electrons. The van der Waals surface area contributed by atoms with Gasteiger partial charge in [-0.1, -0.05) is 77.6 Å². The van der Waals surface area contributed by atoms with Crippen LogP contribution in [-0.4, -0.2) is 74.6 Å². The van der Waals surface area contributed by atoms with Gasteiger partial charge in [-0.2, -0.15) is 0 Å². The van der Waals surface area contributed by atoms with Crippen LogP contribution < -0.4 is 5.11 Å². The highest BCUT2D eigenvalue weighted by Gasteiger charge is 2.24. The highest BCUT2D eigenvalue weighted by atomic mass is 16.5. The van der Waals surface area contributed by atoms with Crippen molar-refractivity contribution in [3.63, 3.8) is 0 Å². The lowest BCUT2D eigenvalue weighted by atomic mass is 10.0. The molecule has 7 nitrogen and oxygen atoms in total. The van der Waals surface area contributed by atoms with E-state index in [9.17, 15) is 19.8 Å². The number of aliphatic hydroxyl groups excluding tert-OH is 1. The molecule has 0 bridgehead atoms. The minimum atomic E-state index is -1.12. The Bertz CT molecular complexity index is 478. The van der Waals surface area contributed by atoms with Crippen molar-refractivity contribution >= 4 is 11.9 Å². The largest absolute Gasteiger partial charge is 0.544 e. The minimum absolute atomic E-state index is 0.00277. The van der Waals surface area contributed by atoms with Crippen molar-refractivity contribution in [2.75, 3.05) is 41.0 Å². The van der Waals surface area contributed by atoms with Gasteiger partial charge in [0.1, 0.15) is 18.8 Å². The number of esters is 1. The van der Waals surface area contributed by atoms with Crippen molar-refractivity contribution in [3.05, 3.63) is 0 Å². The Morgan fingerprint density at radius 1 is 0.844 bits per heavy atom. The third-order valence-corrected chi connectivity index (χ3v) is 5.72. The summed E-state index contributed by atoms with van der Waals surface area (Å²) in [4.78, 5) is 23.0. The summed E-state index contributed by atoms with van der Waals surface area (Å²) in [5, 5.41) is 21.1. The van der Waals surface area contributed by atoms with Crippen molar-refractivity contribution in [1.82, 2.24) is 0 Å². The third-order valence-electron chi connectivity index (χ3n) is 5.72. The summed E-state index contributed by atoms with van der Waals surface area (Å²) in [5.74, 6) is -1.41. The van der Waals surface area contributed by atoms with Gasteiger partial charge in [-0.3, -0.25) is 4.79 Å². The van der Waals surface area contributed by atoms with E-state index in [4.69, 9.17) is 9.47 Å². The molecule has 0 aliphatic heterocycles. The number of hydrogen-bond donors (Lipinski definition) is 1. The molecule has 0 spiro atoms. The third kappa shape index (κ3) is 18.4. The molecule has 2 atom stereocenters. The van der Waals surface area contributed by atoms with Gasteiger partial charge in [0.2, 0.25) is 0 Å². The average molecular weight is 460 g/mol. The molecule has 0 aliphatic rings. The highest BCUT2D eigenvalue weighted by molar-refractivity contribution is 5.69. The number of carbonyl (C=O) groups is 2. The number of hydrogen-bond acceptors (Lipinski definition) is 6. The molecule has 0 aromatic rings. The SMILES string of the molecule is CCCCCCCCCCCCCCC(=O)OCC(O)COCCC(C(=O)[O-])[N+](C)(C)C. The van der Waals surface area contributed by atoms with Crippen LogP contribution in [0.2, 0.25) is 0 Å². The van der Waals surface area contributed by atoms with Crippen LogP contribution >= 0.6 is 0 Å². The predicted octanol–water partition coefficient (Wildman–Crippen LogP) is 3.21. The molecule has 0 saturated heterocycles. The normalized spacial score (nSPS) is 13.7. The first kappa shape index (κ1) is 30.8. The van der Waals surface area contributed by atoms with Crippen molar-refractivity contribution in [2.24, 2.45) is 0 Å². The van der Waals surface area contributed by atoms with E-state index in [-0.39, 0.29) is 36.7 Å². The average Bonchev–Trinajstić information content (AvgIpc) is 2.71. The molecule has 0 aliphatic carbocycles. The van der Waals surface area contributed by atoms with Crippen LogP contribution in [0.1, 0.15) is 96.8 Å². The number of rotatable bonds is 22. The Hall–Kier alpha value is -1.18. The Morgan fingerprint density at radius 3 is 1.81 bits per heavy atom. The molecule has 0 amide bonds. The summed E-state index contributed by atoms with van der Waals surface area (Å²) >= 11 is 0. The van der Waals surface area contributed by atoms with Crippen molar-refractivity contribution < 1.29 is 33.8 Å². The van der Waals surface area contributed by atoms with Gasteiger partial charge in [-0.05, 0) is 6.42 Å². The number of carboxylic acid groups (broad SMARTS) is 1. The van der Waals surface area contributed by atoms with E-state index in [2.05, 4.69) is 6.92 Å².